The van der Waals surface area contributed by atoms with Gasteiger partial charge < -0.3 is 5.32 Å². The molecule has 1 amide bonds. The van der Waals surface area contributed by atoms with Gasteiger partial charge in [0.2, 0.25) is 5.91 Å². The van der Waals surface area contributed by atoms with Crippen LogP contribution in [0.15, 0.2) is 70.2 Å². The van der Waals surface area contributed by atoms with Crippen molar-refractivity contribution in [2.75, 3.05) is 11.1 Å². The number of carbonyl (C=O) groups is 1. The molecule has 25 heavy (non-hydrogen) atoms. The summed E-state index contributed by atoms with van der Waals surface area (Å²) in [5, 5.41) is 3.54. The van der Waals surface area contributed by atoms with E-state index in [4.69, 9.17) is 0 Å². The zero-order valence-electron chi connectivity index (χ0n) is 13.1. The smallest absolute Gasteiger partial charge is 0.225 e. The SMILES string of the molecule is O=C(CCS(=O)(=O)c1ccc2ccccc2n1)Nc1ccc(Br)cc1. The number of para-hydroxylation sites is 1. The Balaban J connectivity index is 1.68. The first kappa shape index (κ1) is 17.6. The number of sulfone groups is 1. The summed E-state index contributed by atoms with van der Waals surface area (Å²) in [5.41, 5.74) is 1.23. The second-order valence-electron chi connectivity index (χ2n) is 5.47. The number of hydrogen-bond donors (Lipinski definition) is 1. The summed E-state index contributed by atoms with van der Waals surface area (Å²) < 4.78 is 25.8. The number of anilines is 1. The third-order valence-corrected chi connectivity index (χ3v) is 5.75. The number of amides is 1. The Morgan fingerprint density at radius 1 is 1.00 bits per heavy atom. The molecular formula is C18H15BrN2O3S. The average Bonchev–Trinajstić information content (AvgIpc) is 2.62. The van der Waals surface area contributed by atoms with Gasteiger partial charge in [-0.05, 0) is 42.5 Å². The van der Waals surface area contributed by atoms with Gasteiger partial charge in [-0.15, -0.1) is 0 Å². The number of nitrogens with zero attached hydrogens (tertiary/aromatic N) is 1. The van der Waals surface area contributed by atoms with Crippen LogP contribution >= 0.6 is 15.9 Å². The topological polar surface area (TPSA) is 76.1 Å². The highest BCUT2D eigenvalue weighted by Gasteiger charge is 2.18. The van der Waals surface area contributed by atoms with Crippen molar-refractivity contribution >= 4 is 48.3 Å². The Bertz CT molecular complexity index is 1020. The summed E-state index contributed by atoms with van der Waals surface area (Å²) in [4.78, 5) is 16.2. The molecule has 0 unspecified atom stereocenters. The van der Waals surface area contributed by atoms with Gasteiger partial charge in [-0.25, -0.2) is 13.4 Å². The zero-order valence-corrected chi connectivity index (χ0v) is 15.5. The molecule has 0 atom stereocenters. The van der Waals surface area contributed by atoms with E-state index in [2.05, 4.69) is 26.2 Å². The van der Waals surface area contributed by atoms with Crippen molar-refractivity contribution in [2.24, 2.45) is 0 Å². The summed E-state index contributed by atoms with van der Waals surface area (Å²) >= 11 is 3.31. The standard InChI is InChI=1S/C18H15BrN2O3S/c19-14-6-8-15(9-7-14)20-17(22)11-12-25(23,24)18-10-5-13-3-1-2-4-16(13)21-18/h1-10H,11-12H2,(H,20,22). The minimum atomic E-state index is -3.63. The molecule has 7 heteroatoms. The number of hydrogen-bond acceptors (Lipinski definition) is 4. The first-order valence-electron chi connectivity index (χ1n) is 7.58. The van der Waals surface area contributed by atoms with Gasteiger partial charge in [-0.1, -0.05) is 34.1 Å². The van der Waals surface area contributed by atoms with Crippen molar-refractivity contribution in [3.63, 3.8) is 0 Å². The summed E-state index contributed by atoms with van der Waals surface area (Å²) in [6.45, 7) is 0. The van der Waals surface area contributed by atoms with Gasteiger partial charge in [0.25, 0.3) is 0 Å². The van der Waals surface area contributed by atoms with Gasteiger partial charge in [0, 0.05) is 22.0 Å². The second kappa shape index (κ2) is 7.33. The van der Waals surface area contributed by atoms with Crippen molar-refractivity contribution in [2.45, 2.75) is 11.4 Å². The lowest BCUT2D eigenvalue weighted by atomic mass is 10.2. The third kappa shape index (κ3) is 4.43. The van der Waals surface area contributed by atoms with E-state index in [1.54, 1.807) is 42.5 Å². The molecule has 1 N–H and O–H groups in total. The predicted octanol–water partition coefficient (Wildman–Crippen LogP) is 3.80. The van der Waals surface area contributed by atoms with E-state index in [0.29, 0.717) is 11.2 Å². The summed E-state index contributed by atoms with van der Waals surface area (Å²) in [7, 11) is -3.63. The fraction of sp³-hybridized carbons (Fsp3) is 0.111. The van der Waals surface area contributed by atoms with Crippen LogP contribution in [0.25, 0.3) is 10.9 Å². The zero-order chi connectivity index (χ0) is 17.9. The largest absolute Gasteiger partial charge is 0.326 e. The molecule has 0 saturated heterocycles. The molecule has 0 bridgehead atoms. The van der Waals surface area contributed by atoms with E-state index >= 15 is 0 Å². The Morgan fingerprint density at radius 3 is 2.48 bits per heavy atom. The van der Waals surface area contributed by atoms with Gasteiger partial charge in [-0.2, -0.15) is 0 Å². The Kier molecular flexibility index (Phi) is 5.15. The van der Waals surface area contributed by atoms with Crippen LogP contribution in [0.3, 0.4) is 0 Å². The van der Waals surface area contributed by atoms with E-state index in [0.717, 1.165) is 9.86 Å². The molecule has 1 heterocycles. The molecule has 5 nitrogen and oxygen atoms in total. The van der Waals surface area contributed by atoms with Gasteiger partial charge in [-0.3, -0.25) is 4.79 Å². The molecule has 1 aromatic heterocycles. The lowest BCUT2D eigenvalue weighted by Gasteiger charge is -2.07. The van der Waals surface area contributed by atoms with Crippen LogP contribution in [-0.2, 0) is 14.6 Å². The van der Waals surface area contributed by atoms with Crippen LogP contribution in [0, 0.1) is 0 Å². The summed E-state index contributed by atoms with van der Waals surface area (Å²) in [6, 6.07) is 17.6. The maximum Gasteiger partial charge on any atom is 0.225 e. The number of carbonyl (C=O) groups excluding carboxylic acids is 1. The van der Waals surface area contributed by atoms with Gasteiger partial charge in [0.15, 0.2) is 14.9 Å². The number of nitrogens with one attached hydrogen (secondary N) is 1. The first-order valence-corrected chi connectivity index (χ1v) is 10.0. The fourth-order valence-electron chi connectivity index (χ4n) is 2.31. The fourth-order valence-corrected chi connectivity index (χ4v) is 3.75. The molecule has 3 aromatic rings. The van der Waals surface area contributed by atoms with Gasteiger partial charge >= 0.3 is 0 Å². The van der Waals surface area contributed by atoms with Crippen LogP contribution in [0.4, 0.5) is 5.69 Å². The van der Waals surface area contributed by atoms with Crippen LogP contribution in [-0.4, -0.2) is 25.1 Å². The highest BCUT2D eigenvalue weighted by molar-refractivity contribution is 9.10. The van der Waals surface area contributed by atoms with Crippen LogP contribution in [0.1, 0.15) is 6.42 Å². The average molecular weight is 419 g/mol. The maximum atomic E-state index is 12.4. The molecule has 0 saturated carbocycles. The molecule has 128 valence electrons. The third-order valence-electron chi connectivity index (χ3n) is 3.62. The minimum absolute atomic E-state index is 0.0114. The molecule has 0 aliphatic rings. The van der Waals surface area contributed by atoms with Crippen LogP contribution in [0.2, 0.25) is 0 Å². The molecule has 3 rings (SSSR count). The van der Waals surface area contributed by atoms with E-state index < -0.39 is 9.84 Å². The lowest BCUT2D eigenvalue weighted by molar-refractivity contribution is -0.115. The number of pyridine rings is 1. The van der Waals surface area contributed by atoms with E-state index in [-0.39, 0.29) is 23.1 Å². The highest BCUT2D eigenvalue weighted by Crippen LogP contribution is 2.17. The molecule has 0 fully saturated rings. The molecule has 2 aromatic carbocycles. The molecule has 0 aliphatic heterocycles. The number of benzene rings is 2. The molecule has 0 spiro atoms. The van der Waals surface area contributed by atoms with E-state index in [1.165, 1.54) is 6.07 Å². The van der Waals surface area contributed by atoms with Crippen molar-refractivity contribution in [3.8, 4) is 0 Å². The normalized spacial score (nSPS) is 11.4. The monoisotopic (exact) mass is 418 g/mol. The second-order valence-corrected chi connectivity index (χ2v) is 8.44. The Labute approximate surface area is 154 Å². The van der Waals surface area contributed by atoms with Crippen LogP contribution < -0.4 is 5.32 Å². The maximum absolute atomic E-state index is 12.4. The van der Waals surface area contributed by atoms with Crippen molar-refractivity contribution in [1.29, 1.82) is 0 Å². The van der Waals surface area contributed by atoms with Crippen molar-refractivity contribution in [3.05, 3.63) is 65.1 Å². The van der Waals surface area contributed by atoms with Gasteiger partial charge in [0.05, 0.1) is 11.3 Å². The quantitative estimate of drug-likeness (QED) is 0.683. The van der Waals surface area contributed by atoms with E-state index in [1.807, 2.05) is 12.1 Å². The number of rotatable bonds is 5. The van der Waals surface area contributed by atoms with Crippen molar-refractivity contribution < 1.29 is 13.2 Å². The number of aromatic nitrogens is 1. The molecule has 0 aliphatic carbocycles. The first-order chi connectivity index (χ1) is 11.9. The van der Waals surface area contributed by atoms with Crippen molar-refractivity contribution in [1.82, 2.24) is 4.98 Å². The summed E-state index contributed by atoms with van der Waals surface area (Å²) in [5.74, 6) is -0.646. The lowest BCUT2D eigenvalue weighted by Crippen LogP contribution is -2.18. The van der Waals surface area contributed by atoms with Gasteiger partial charge in [0.1, 0.15) is 0 Å². The molecule has 0 radical (unpaired) electrons. The minimum Gasteiger partial charge on any atom is -0.326 e. The van der Waals surface area contributed by atoms with Crippen LogP contribution in [0.5, 0.6) is 0 Å². The molecular weight excluding hydrogens is 404 g/mol. The highest BCUT2D eigenvalue weighted by atomic mass is 79.9. The summed E-state index contributed by atoms with van der Waals surface area (Å²) in [6.07, 6.45) is -0.132. The Morgan fingerprint density at radius 2 is 1.72 bits per heavy atom. The number of halogens is 1. The number of fused-ring (bicyclic) bond motifs is 1. The Hall–Kier alpha value is -2.25. The van der Waals surface area contributed by atoms with E-state index in [9.17, 15) is 13.2 Å². The predicted molar refractivity (Wildman–Crippen MR) is 101 cm³/mol.